The number of aromatic nitrogens is 4. The Kier molecular flexibility index (Phi) is 4.52. The highest BCUT2D eigenvalue weighted by atomic mass is 32.1. The first-order valence-corrected chi connectivity index (χ1v) is 9.25. The van der Waals surface area contributed by atoms with Gasteiger partial charge in [-0.15, -0.1) is 11.3 Å². The van der Waals surface area contributed by atoms with Crippen LogP contribution in [0.4, 0.5) is 5.69 Å². The number of aromatic amines is 1. The van der Waals surface area contributed by atoms with Gasteiger partial charge in [-0.1, -0.05) is 30.3 Å². The number of hydrogen-bond acceptors (Lipinski definition) is 5. The number of anilines is 1. The van der Waals surface area contributed by atoms with Crippen molar-refractivity contribution in [2.45, 2.75) is 13.8 Å². The van der Waals surface area contributed by atoms with Gasteiger partial charge in [-0.05, 0) is 38.1 Å². The van der Waals surface area contributed by atoms with Crippen LogP contribution in [0.3, 0.4) is 0 Å². The molecule has 0 saturated carbocycles. The molecule has 0 saturated heterocycles. The molecule has 27 heavy (non-hydrogen) atoms. The third kappa shape index (κ3) is 3.63. The number of thiazole rings is 1. The zero-order valence-corrected chi connectivity index (χ0v) is 15.7. The minimum absolute atomic E-state index is 0.159. The number of carbonyl (C=O) groups is 1. The predicted molar refractivity (Wildman–Crippen MR) is 107 cm³/mol. The molecule has 2 N–H and O–H groups in total. The molecule has 4 rings (SSSR count). The van der Waals surface area contributed by atoms with Gasteiger partial charge >= 0.3 is 0 Å². The van der Waals surface area contributed by atoms with Crippen molar-refractivity contribution in [3.63, 3.8) is 0 Å². The molecule has 0 fully saturated rings. The fourth-order valence-electron chi connectivity index (χ4n) is 2.67. The number of carbonyl (C=O) groups excluding carboxylic acids is 1. The highest BCUT2D eigenvalue weighted by Gasteiger charge is 2.16. The Morgan fingerprint density at radius 3 is 2.37 bits per heavy atom. The maximum atomic E-state index is 12.7. The van der Waals surface area contributed by atoms with E-state index in [1.54, 1.807) is 0 Å². The summed E-state index contributed by atoms with van der Waals surface area (Å²) in [5, 5.41) is 10.7. The van der Waals surface area contributed by atoms with Crippen LogP contribution in [0.25, 0.3) is 22.0 Å². The van der Waals surface area contributed by atoms with Crippen LogP contribution < -0.4 is 5.32 Å². The van der Waals surface area contributed by atoms with Gasteiger partial charge in [-0.3, -0.25) is 9.89 Å². The van der Waals surface area contributed by atoms with Crippen molar-refractivity contribution in [3.8, 4) is 22.0 Å². The van der Waals surface area contributed by atoms with Crippen LogP contribution in [0, 0.1) is 13.8 Å². The van der Waals surface area contributed by atoms with E-state index in [0.717, 1.165) is 27.7 Å². The lowest BCUT2D eigenvalue weighted by Gasteiger charge is -2.04. The second-order valence-electron chi connectivity index (χ2n) is 6.08. The van der Waals surface area contributed by atoms with Crippen LogP contribution in [0.2, 0.25) is 0 Å². The molecule has 4 aromatic rings. The molecular weight excluding hydrogens is 358 g/mol. The molecule has 0 radical (unpaired) electrons. The Hall–Kier alpha value is -3.32. The van der Waals surface area contributed by atoms with Crippen LogP contribution in [-0.2, 0) is 0 Å². The van der Waals surface area contributed by atoms with Gasteiger partial charge in [0.05, 0.1) is 5.69 Å². The first-order chi connectivity index (χ1) is 13.1. The molecule has 2 heterocycles. The third-order valence-corrected chi connectivity index (χ3v) is 5.23. The third-order valence-electron chi connectivity index (χ3n) is 4.02. The van der Waals surface area contributed by atoms with E-state index in [1.807, 2.05) is 68.4 Å². The Balaban J connectivity index is 1.52. The zero-order valence-electron chi connectivity index (χ0n) is 14.9. The Bertz CT molecular complexity index is 1080. The maximum absolute atomic E-state index is 12.7. The van der Waals surface area contributed by atoms with Crippen LogP contribution in [0.15, 0.2) is 54.6 Å². The zero-order chi connectivity index (χ0) is 18.8. The molecule has 0 spiro atoms. The number of amides is 1. The lowest BCUT2D eigenvalue weighted by Crippen LogP contribution is -2.11. The molecular formula is C20H17N5OS. The van der Waals surface area contributed by atoms with Gasteiger partial charge in [0, 0.05) is 16.8 Å². The summed E-state index contributed by atoms with van der Waals surface area (Å²) in [6.07, 6.45) is 0. The van der Waals surface area contributed by atoms with Crippen LogP contribution >= 0.6 is 11.3 Å². The number of aryl methyl sites for hydroxylation is 2. The lowest BCUT2D eigenvalue weighted by molar-refractivity contribution is 0.103. The predicted octanol–water partition coefficient (Wildman–Crippen LogP) is 4.46. The van der Waals surface area contributed by atoms with Gasteiger partial charge in [-0.2, -0.15) is 5.10 Å². The lowest BCUT2D eigenvalue weighted by atomic mass is 10.2. The molecule has 0 aliphatic rings. The molecule has 0 bridgehead atoms. The van der Waals surface area contributed by atoms with Crippen molar-refractivity contribution in [1.82, 2.24) is 20.2 Å². The van der Waals surface area contributed by atoms with Gasteiger partial charge in [0.1, 0.15) is 15.7 Å². The summed E-state index contributed by atoms with van der Waals surface area (Å²) in [7, 11) is 0. The normalized spacial score (nSPS) is 10.7. The molecule has 7 heteroatoms. The van der Waals surface area contributed by atoms with Gasteiger partial charge in [0.15, 0.2) is 5.82 Å². The summed E-state index contributed by atoms with van der Waals surface area (Å²) < 4.78 is 0. The van der Waals surface area contributed by atoms with Crippen LogP contribution in [0.5, 0.6) is 0 Å². The van der Waals surface area contributed by atoms with Crippen LogP contribution in [0.1, 0.15) is 21.2 Å². The van der Waals surface area contributed by atoms with E-state index in [0.29, 0.717) is 16.4 Å². The van der Waals surface area contributed by atoms with E-state index in [2.05, 4.69) is 25.5 Å². The average Bonchev–Trinajstić information content (AvgIpc) is 3.29. The highest BCUT2D eigenvalue weighted by molar-refractivity contribution is 7.17. The molecule has 0 atom stereocenters. The van der Waals surface area contributed by atoms with Crippen molar-refractivity contribution in [2.75, 3.05) is 5.32 Å². The molecule has 0 aliphatic heterocycles. The van der Waals surface area contributed by atoms with Gasteiger partial charge in [-0.25, -0.2) is 9.97 Å². The fourth-order valence-corrected chi connectivity index (χ4v) is 3.64. The van der Waals surface area contributed by atoms with Crippen LogP contribution in [-0.4, -0.2) is 26.1 Å². The van der Waals surface area contributed by atoms with E-state index in [9.17, 15) is 4.79 Å². The summed E-state index contributed by atoms with van der Waals surface area (Å²) in [4.78, 5) is 22.1. The fraction of sp³-hybridized carbons (Fsp3) is 0.100. The largest absolute Gasteiger partial charge is 0.321 e. The maximum Gasteiger partial charge on any atom is 0.267 e. The summed E-state index contributed by atoms with van der Waals surface area (Å²) in [6, 6.07) is 17.3. The van der Waals surface area contributed by atoms with E-state index < -0.39 is 0 Å². The number of hydrogen-bond donors (Lipinski definition) is 2. The van der Waals surface area contributed by atoms with Gasteiger partial charge in [0.25, 0.3) is 5.91 Å². The Morgan fingerprint density at radius 2 is 1.70 bits per heavy atom. The molecule has 134 valence electrons. The van der Waals surface area contributed by atoms with Crippen molar-refractivity contribution < 1.29 is 4.79 Å². The molecule has 2 aromatic heterocycles. The summed E-state index contributed by atoms with van der Waals surface area (Å²) in [6.45, 7) is 3.71. The van der Waals surface area contributed by atoms with E-state index in [1.165, 1.54) is 11.3 Å². The first-order valence-electron chi connectivity index (χ1n) is 8.44. The van der Waals surface area contributed by atoms with Gasteiger partial charge < -0.3 is 5.32 Å². The monoisotopic (exact) mass is 375 g/mol. The molecule has 0 unspecified atom stereocenters. The highest BCUT2D eigenvalue weighted by Crippen LogP contribution is 2.28. The van der Waals surface area contributed by atoms with E-state index >= 15 is 0 Å². The topological polar surface area (TPSA) is 83.6 Å². The second kappa shape index (κ2) is 7.13. The second-order valence-corrected chi connectivity index (χ2v) is 7.07. The number of H-pyrrole nitrogens is 1. The first kappa shape index (κ1) is 17.1. The van der Waals surface area contributed by atoms with Gasteiger partial charge in [0.2, 0.25) is 0 Å². The number of benzene rings is 2. The minimum Gasteiger partial charge on any atom is -0.321 e. The number of nitrogens with zero attached hydrogens (tertiary/aromatic N) is 3. The van der Waals surface area contributed by atoms with Crippen molar-refractivity contribution >= 4 is 22.9 Å². The quantitative estimate of drug-likeness (QED) is 0.551. The minimum atomic E-state index is -0.159. The van der Waals surface area contributed by atoms with Crippen molar-refractivity contribution in [3.05, 3.63) is 71.0 Å². The molecule has 2 aromatic carbocycles. The summed E-state index contributed by atoms with van der Waals surface area (Å²) in [5.41, 5.74) is 3.34. The Labute approximate surface area is 160 Å². The average molecular weight is 375 g/mol. The molecule has 1 amide bonds. The Morgan fingerprint density at radius 1 is 0.963 bits per heavy atom. The van der Waals surface area contributed by atoms with E-state index in [-0.39, 0.29) is 5.91 Å². The molecule has 0 aliphatic carbocycles. The number of nitrogens with one attached hydrogen (secondary N) is 2. The van der Waals surface area contributed by atoms with Crippen molar-refractivity contribution in [1.29, 1.82) is 0 Å². The van der Waals surface area contributed by atoms with Crippen molar-refractivity contribution in [2.24, 2.45) is 0 Å². The summed E-state index contributed by atoms with van der Waals surface area (Å²) in [5.74, 6) is 1.24. The summed E-state index contributed by atoms with van der Waals surface area (Å²) >= 11 is 1.40. The standard InChI is InChI=1S/C20H17N5OS/c1-12-17(27-20(21-12)15-6-4-3-5-7-15)19(26)23-16-10-8-14(9-11-16)18-22-13(2)24-25-18/h3-11H,1-2H3,(H,23,26)(H,22,24,25). The van der Waals surface area contributed by atoms with E-state index in [4.69, 9.17) is 0 Å². The SMILES string of the molecule is Cc1nc(-c2ccc(NC(=O)c3sc(-c4ccccc4)nc3C)cc2)n[nH]1. The number of rotatable bonds is 4. The molecule has 6 nitrogen and oxygen atoms in total. The smallest absolute Gasteiger partial charge is 0.267 e.